The van der Waals surface area contributed by atoms with Crippen LogP contribution >= 0.6 is 0 Å². The molecule has 3 nitrogen and oxygen atoms in total. The van der Waals surface area contributed by atoms with E-state index in [0.29, 0.717) is 17.0 Å². The summed E-state index contributed by atoms with van der Waals surface area (Å²) in [5, 5.41) is 0.697. The molecule has 1 unspecified atom stereocenters. The fraction of sp³-hybridized carbons (Fsp3) is 0.438. The van der Waals surface area contributed by atoms with E-state index < -0.39 is 0 Å². The third-order valence-electron chi connectivity index (χ3n) is 4.08. The molecule has 0 saturated carbocycles. The van der Waals surface area contributed by atoms with Gasteiger partial charge >= 0.3 is 0 Å². The van der Waals surface area contributed by atoms with Gasteiger partial charge in [0.2, 0.25) is 5.91 Å². The largest absolute Gasteiger partial charge is 0.464 e. The van der Waals surface area contributed by atoms with Crippen molar-refractivity contribution in [1.29, 1.82) is 0 Å². The van der Waals surface area contributed by atoms with Crippen LogP contribution in [0.3, 0.4) is 0 Å². The summed E-state index contributed by atoms with van der Waals surface area (Å²) in [5.74, 6) is -0.205. The molecule has 20 heavy (non-hydrogen) atoms. The van der Waals surface area contributed by atoms with Crippen LogP contribution in [0.15, 0.2) is 28.9 Å². The van der Waals surface area contributed by atoms with Gasteiger partial charge in [0.15, 0.2) is 0 Å². The number of piperidine rings is 1. The summed E-state index contributed by atoms with van der Waals surface area (Å²) in [5.41, 5.74) is 1.39. The Labute approximate surface area is 117 Å². The van der Waals surface area contributed by atoms with Gasteiger partial charge in [-0.2, -0.15) is 0 Å². The van der Waals surface area contributed by atoms with Gasteiger partial charge < -0.3 is 9.32 Å². The van der Waals surface area contributed by atoms with E-state index in [2.05, 4.69) is 6.92 Å². The lowest BCUT2D eigenvalue weighted by Gasteiger charge is -2.33. The monoisotopic (exact) mass is 275 g/mol. The highest BCUT2D eigenvalue weighted by molar-refractivity contribution is 5.87. The molecule has 3 rings (SSSR count). The van der Waals surface area contributed by atoms with Crippen LogP contribution in [0.1, 0.15) is 31.7 Å². The molecule has 0 radical (unpaired) electrons. The van der Waals surface area contributed by atoms with Crippen molar-refractivity contribution in [3.63, 3.8) is 0 Å². The van der Waals surface area contributed by atoms with Crippen molar-refractivity contribution in [3.8, 4) is 0 Å². The molecule has 0 spiro atoms. The summed E-state index contributed by atoms with van der Waals surface area (Å²) in [4.78, 5) is 14.3. The molecule has 106 valence electrons. The molecular weight excluding hydrogens is 257 g/mol. The fourth-order valence-corrected chi connectivity index (χ4v) is 2.92. The summed E-state index contributed by atoms with van der Waals surface area (Å²) in [6, 6.07) is 4.69. The molecule has 0 aliphatic carbocycles. The third-order valence-corrected chi connectivity index (χ3v) is 4.08. The van der Waals surface area contributed by atoms with Gasteiger partial charge in [0, 0.05) is 23.5 Å². The van der Waals surface area contributed by atoms with Gasteiger partial charge in [-0.25, -0.2) is 4.39 Å². The van der Waals surface area contributed by atoms with Crippen molar-refractivity contribution >= 4 is 16.9 Å². The average Bonchev–Trinajstić information content (AvgIpc) is 2.82. The number of hydrogen-bond acceptors (Lipinski definition) is 2. The first kappa shape index (κ1) is 13.2. The summed E-state index contributed by atoms with van der Waals surface area (Å²) >= 11 is 0. The van der Waals surface area contributed by atoms with Crippen molar-refractivity contribution in [2.45, 2.75) is 38.6 Å². The summed E-state index contributed by atoms with van der Waals surface area (Å²) < 4.78 is 18.7. The lowest BCUT2D eigenvalue weighted by atomic mass is 10.0. The van der Waals surface area contributed by atoms with Gasteiger partial charge in [0.25, 0.3) is 0 Å². The number of nitrogens with zero attached hydrogens (tertiary/aromatic N) is 1. The first-order valence-electron chi connectivity index (χ1n) is 7.10. The van der Waals surface area contributed by atoms with Crippen molar-refractivity contribution in [1.82, 2.24) is 4.90 Å². The topological polar surface area (TPSA) is 33.5 Å². The summed E-state index contributed by atoms with van der Waals surface area (Å²) in [7, 11) is 0. The Balaban J connectivity index is 1.82. The Bertz CT molecular complexity index is 634. The summed E-state index contributed by atoms with van der Waals surface area (Å²) in [6.07, 6.45) is 5.16. The van der Waals surface area contributed by atoms with Gasteiger partial charge in [-0.3, -0.25) is 4.79 Å². The van der Waals surface area contributed by atoms with E-state index in [4.69, 9.17) is 4.42 Å². The molecule has 2 aromatic rings. The van der Waals surface area contributed by atoms with E-state index in [-0.39, 0.29) is 18.1 Å². The Morgan fingerprint density at radius 3 is 3.10 bits per heavy atom. The molecule has 1 fully saturated rings. The highest BCUT2D eigenvalue weighted by Gasteiger charge is 2.24. The van der Waals surface area contributed by atoms with Crippen molar-refractivity contribution in [3.05, 3.63) is 35.8 Å². The zero-order valence-electron chi connectivity index (χ0n) is 11.6. The number of carbonyl (C=O) groups excluding carboxylic acids is 1. The molecule has 1 saturated heterocycles. The van der Waals surface area contributed by atoms with Crippen LogP contribution in [0, 0.1) is 5.82 Å². The number of amides is 1. The van der Waals surface area contributed by atoms with Crippen LogP contribution in [-0.4, -0.2) is 23.4 Å². The van der Waals surface area contributed by atoms with E-state index in [1.807, 2.05) is 4.90 Å². The van der Waals surface area contributed by atoms with E-state index in [1.54, 1.807) is 12.3 Å². The van der Waals surface area contributed by atoms with Crippen LogP contribution in [0.5, 0.6) is 0 Å². The van der Waals surface area contributed by atoms with E-state index in [1.165, 1.54) is 18.6 Å². The molecule has 1 aromatic carbocycles. The Morgan fingerprint density at radius 1 is 1.45 bits per heavy atom. The molecule has 1 aromatic heterocycles. The van der Waals surface area contributed by atoms with Gasteiger partial charge in [-0.05, 0) is 44.4 Å². The Kier molecular flexibility index (Phi) is 3.47. The molecule has 1 aliphatic rings. The van der Waals surface area contributed by atoms with Crippen LogP contribution in [0.4, 0.5) is 4.39 Å². The van der Waals surface area contributed by atoms with E-state index in [0.717, 1.165) is 24.9 Å². The zero-order valence-corrected chi connectivity index (χ0v) is 11.6. The summed E-state index contributed by atoms with van der Waals surface area (Å²) in [6.45, 7) is 2.91. The maximum absolute atomic E-state index is 13.3. The van der Waals surface area contributed by atoms with Crippen molar-refractivity contribution < 1.29 is 13.6 Å². The molecule has 1 atom stereocenters. The number of halogens is 1. The highest BCUT2D eigenvalue weighted by Crippen LogP contribution is 2.24. The van der Waals surface area contributed by atoms with Crippen LogP contribution in [-0.2, 0) is 11.2 Å². The third kappa shape index (κ3) is 2.42. The zero-order chi connectivity index (χ0) is 14.1. The van der Waals surface area contributed by atoms with Crippen molar-refractivity contribution in [2.75, 3.05) is 6.54 Å². The minimum atomic E-state index is -0.307. The number of carbonyl (C=O) groups is 1. The van der Waals surface area contributed by atoms with Gasteiger partial charge in [-0.15, -0.1) is 0 Å². The molecule has 2 heterocycles. The van der Waals surface area contributed by atoms with E-state index in [9.17, 15) is 9.18 Å². The Morgan fingerprint density at radius 2 is 2.30 bits per heavy atom. The fourth-order valence-electron chi connectivity index (χ4n) is 2.92. The minimum absolute atomic E-state index is 0.101. The molecule has 0 N–H and O–H groups in total. The number of likely N-dealkylation sites (tertiary alicyclic amines) is 1. The second-order valence-electron chi connectivity index (χ2n) is 5.51. The maximum Gasteiger partial charge on any atom is 0.227 e. The highest BCUT2D eigenvalue weighted by atomic mass is 19.1. The molecule has 1 aliphatic heterocycles. The van der Waals surface area contributed by atoms with Crippen LogP contribution < -0.4 is 0 Å². The van der Waals surface area contributed by atoms with Gasteiger partial charge in [0.1, 0.15) is 11.4 Å². The minimum Gasteiger partial charge on any atom is -0.464 e. The first-order chi connectivity index (χ1) is 9.65. The Hall–Kier alpha value is -1.84. The second kappa shape index (κ2) is 5.27. The molecule has 0 bridgehead atoms. The SMILES string of the molecule is CC1CCCCN1C(=O)Cc1coc2ccc(F)cc12. The number of furan rings is 1. The van der Waals surface area contributed by atoms with Crippen molar-refractivity contribution in [2.24, 2.45) is 0 Å². The number of benzene rings is 1. The predicted octanol–water partition coefficient (Wildman–Crippen LogP) is 3.52. The maximum atomic E-state index is 13.3. The second-order valence-corrected chi connectivity index (χ2v) is 5.51. The average molecular weight is 275 g/mol. The normalized spacial score (nSPS) is 19.5. The first-order valence-corrected chi connectivity index (χ1v) is 7.10. The quantitative estimate of drug-likeness (QED) is 0.840. The molecule has 1 amide bonds. The number of hydrogen-bond donors (Lipinski definition) is 0. The molecular formula is C16H18FNO2. The predicted molar refractivity (Wildman–Crippen MR) is 74.9 cm³/mol. The number of rotatable bonds is 2. The van der Waals surface area contributed by atoms with Crippen LogP contribution in [0.2, 0.25) is 0 Å². The van der Waals surface area contributed by atoms with Gasteiger partial charge in [-0.1, -0.05) is 0 Å². The molecule has 4 heteroatoms. The van der Waals surface area contributed by atoms with Crippen LogP contribution in [0.25, 0.3) is 11.0 Å². The standard InChI is InChI=1S/C16H18FNO2/c1-11-4-2-3-7-18(11)16(19)8-12-10-20-15-6-5-13(17)9-14(12)15/h5-6,9-11H,2-4,7-8H2,1H3. The number of fused-ring (bicyclic) bond motifs is 1. The van der Waals surface area contributed by atoms with Gasteiger partial charge in [0.05, 0.1) is 12.7 Å². The van der Waals surface area contributed by atoms with E-state index >= 15 is 0 Å². The smallest absolute Gasteiger partial charge is 0.227 e. The lowest BCUT2D eigenvalue weighted by molar-refractivity contribution is -0.133. The lowest BCUT2D eigenvalue weighted by Crippen LogP contribution is -2.42.